The van der Waals surface area contributed by atoms with Crippen LogP contribution in [0.2, 0.25) is 0 Å². The standard InChI is InChI=1S/C23H27N3O7S/c1-31-19-6-4-18(5-7-19)26-15-16(13-22(26)27)23(28)24-17-3-8-20(32-2)21(14-17)34(29,30)25-9-11-33-12-10-25/h3-8,14,16H,9-13,15H2,1-2H3,(H,24,28). The SMILES string of the molecule is COc1ccc(N2CC(C(=O)Nc3ccc(OC)c(S(=O)(=O)N4CCOCC4)c3)CC2=O)cc1. The molecule has 4 rings (SSSR count). The molecule has 34 heavy (non-hydrogen) atoms. The Bertz CT molecular complexity index is 1160. The first-order chi connectivity index (χ1) is 16.3. The van der Waals surface area contributed by atoms with Crippen LogP contribution < -0.4 is 19.7 Å². The van der Waals surface area contributed by atoms with Crippen LogP contribution in [0.1, 0.15) is 6.42 Å². The molecule has 2 aliphatic heterocycles. The zero-order chi connectivity index (χ0) is 24.3. The van der Waals surface area contributed by atoms with Gasteiger partial charge in [-0.2, -0.15) is 4.31 Å². The van der Waals surface area contributed by atoms with Crippen LogP contribution in [-0.2, 0) is 24.3 Å². The van der Waals surface area contributed by atoms with Crippen LogP contribution in [0.4, 0.5) is 11.4 Å². The predicted molar refractivity (Wildman–Crippen MR) is 125 cm³/mol. The molecule has 1 atom stereocenters. The number of carbonyl (C=O) groups excluding carboxylic acids is 2. The number of amides is 2. The number of hydrogen-bond acceptors (Lipinski definition) is 7. The van der Waals surface area contributed by atoms with Crippen molar-refractivity contribution in [3.8, 4) is 11.5 Å². The maximum absolute atomic E-state index is 13.2. The lowest BCUT2D eigenvalue weighted by Gasteiger charge is -2.27. The van der Waals surface area contributed by atoms with Gasteiger partial charge in [0.25, 0.3) is 0 Å². The fourth-order valence-electron chi connectivity index (χ4n) is 4.02. The van der Waals surface area contributed by atoms with Crippen molar-refractivity contribution in [1.29, 1.82) is 0 Å². The maximum atomic E-state index is 13.2. The number of nitrogens with zero attached hydrogens (tertiary/aromatic N) is 2. The number of benzene rings is 2. The highest BCUT2D eigenvalue weighted by Crippen LogP contribution is 2.31. The van der Waals surface area contributed by atoms with Crippen LogP contribution in [-0.4, -0.2) is 71.6 Å². The molecule has 10 nitrogen and oxygen atoms in total. The van der Waals surface area contributed by atoms with E-state index in [-0.39, 0.29) is 48.5 Å². The average molecular weight is 490 g/mol. The lowest BCUT2D eigenvalue weighted by Crippen LogP contribution is -2.40. The van der Waals surface area contributed by atoms with E-state index < -0.39 is 15.9 Å². The Morgan fingerprint density at radius 1 is 1.06 bits per heavy atom. The highest BCUT2D eigenvalue weighted by Gasteiger charge is 2.36. The van der Waals surface area contributed by atoms with Gasteiger partial charge in [0.2, 0.25) is 21.8 Å². The normalized spacial score (nSPS) is 19.2. The summed E-state index contributed by atoms with van der Waals surface area (Å²) < 4.78 is 43.3. The van der Waals surface area contributed by atoms with Crippen molar-refractivity contribution < 1.29 is 32.2 Å². The number of carbonyl (C=O) groups is 2. The predicted octanol–water partition coefficient (Wildman–Crippen LogP) is 1.72. The van der Waals surface area contributed by atoms with Crippen molar-refractivity contribution in [3.63, 3.8) is 0 Å². The number of anilines is 2. The van der Waals surface area contributed by atoms with Gasteiger partial charge in [0.15, 0.2) is 0 Å². The van der Waals surface area contributed by atoms with Crippen LogP contribution in [0.25, 0.3) is 0 Å². The van der Waals surface area contributed by atoms with Gasteiger partial charge in [-0.15, -0.1) is 0 Å². The lowest BCUT2D eigenvalue weighted by molar-refractivity contribution is -0.122. The van der Waals surface area contributed by atoms with Crippen molar-refractivity contribution in [3.05, 3.63) is 42.5 Å². The molecule has 0 bridgehead atoms. The zero-order valence-electron chi connectivity index (χ0n) is 19.0. The van der Waals surface area contributed by atoms with E-state index >= 15 is 0 Å². The van der Waals surface area contributed by atoms with Crippen LogP contribution in [0, 0.1) is 5.92 Å². The molecular formula is C23H27N3O7S. The molecule has 2 aliphatic rings. The van der Waals surface area contributed by atoms with E-state index in [0.717, 1.165) is 0 Å². The maximum Gasteiger partial charge on any atom is 0.246 e. The fraction of sp³-hybridized carbons (Fsp3) is 0.391. The number of hydrogen-bond donors (Lipinski definition) is 1. The summed E-state index contributed by atoms with van der Waals surface area (Å²) in [5.74, 6) is -0.228. The van der Waals surface area contributed by atoms with Crippen molar-refractivity contribution in [1.82, 2.24) is 4.31 Å². The molecule has 0 radical (unpaired) electrons. The quantitative estimate of drug-likeness (QED) is 0.630. The number of rotatable bonds is 7. The Morgan fingerprint density at radius 2 is 1.76 bits per heavy atom. The first-order valence-electron chi connectivity index (χ1n) is 10.8. The van der Waals surface area contributed by atoms with Gasteiger partial charge in [-0.25, -0.2) is 8.42 Å². The average Bonchev–Trinajstić information content (AvgIpc) is 3.26. The largest absolute Gasteiger partial charge is 0.497 e. The number of sulfonamides is 1. The van der Waals surface area contributed by atoms with Crippen molar-refractivity contribution in [2.75, 3.05) is 57.3 Å². The van der Waals surface area contributed by atoms with Gasteiger partial charge in [-0.1, -0.05) is 0 Å². The monoisotopic (exact) mass is 489 g/mol. The van der Waals surface area contributed by atoms with Gasteiger partial charge < -0.3 is 24.4 Å². The number of morpholine rings is 1. The molecule has 1 N–H and O–H groups in total. The Labute approximate surface area is 198 Å². The third-order valence-corrected chi connectivity index (χ3v) is 7.82. The van der Waals surface area contributed by atoms with Crippen molar-refractivity contribution in [2.24, 2.45) is 5.92 Å². The summed E-state index contributed by atoms with van der Waals surface area (Å²) in [6.45, 7) is 1.35. The summed E-state index contributed by atoms with van der Waals surface area (Å²) in [7, 11) is -0.882. The Morgan fingerprint density at radius 3 is 2.41 bits per heavy atom. The second-order valence-corrected chi connectivity index (χ2v) is 9.88. The van der Waals surface area contributed by atoms with Crippen LogP contribution in [0.15, 0.2) is 47.4 Å². The smallest absolute Gasteiger partial charge is 0.246 e. The van der Waals surface area contributed by atoms with E-state index in [1.165, 1.54) is 23.5 Å². The minimum Gasteiger partial charge on any atom is -0.497 e. The second kappa shape index (κ2) is 10.00. The molecule has 11 heteroatoms. The summed E-state index contributed by atoms with van der Waals surface area (Å²) in [5, 5.41) is 2.76. The number of methoxy groups -OCH3 is 2. The molecule has 0 spiro atoms. The Balaban J connectivity index is 1.49. The second-order valence-electron chi connectivity index (χ2n) is 7.97. The van der Waals surface area contributed by atoms with Gasteiger partial charge in [-0.05, 0) is 42.5 Å². The molecule has 2 aromatic rings. The van der Waals surface area contributed by atoms with Crippen molar-refractivity contribution in [2.45, 2.75) is 11.3 Å². The van der Waals surface area contributed by atoms with E-state index in [1.807, 2.05) is 0 Å². The third-order valence-electron chi connectivity index (χ3n) is 5.90. The molecule has 2 saturated heterocycles. The van der Waals surface area contributed by atoms with E-state index in [4.69, 9.17) is 14.2 Å². The van der Waals surface area contributed by atoms with Crippen LogP contribution in [0.3, 0.4) is 0 Å². The molecule has 182 valence electrons. The summed E-state index contributed by atoms with van der Waals surface area (Å²) >= 11 is 0. The topological polar surface area (TPSA) is 114 Å². The Hall–Kier alpha value is -3.15. The number of nitrogens with one attached hydrogen (secondary N) is 1. The molecule has 0 aromatic heterocycles. The third kappa shape index (κ3) is 4.86. The minimum absolute atomic E-state index is 0.0305. The van der Waals surface area contributed by atoms with E-state index in [0.29, 0.717) is 30.3 Å². The van der Waals surface area contributed by atoms with Gasteiger partial charge in [0.05, 0.1) is 33.4 Å². The van der Waals surface area contributed by atoms with Crippen molar-refractivity contribution >= 4 is 33.2 Å². The van der Waals surface area contributed by atoms with Crippen LogP contribution >= 0.6 is 0 Å². The molecule has 2 amide bonds. The first-order valence-corrected chi connectivity index (χ1v) is 12.3. The van der Waals surface area contributed by atoms with E-state index in [1.54, 1.807) is 42.3 Å². The highest BCUT2D eigenvalue weighted by molar-refractivity contribution is 7.89. The van der Waals surface area contributed by atoms with E-state index in [2.05, 4.69) is 5.32 Å². The van der Waals surface area contributed by atoms with Gasteiger partial charge in [0, 0.05) is 37.4 Å². The fourth-order valence-corrected chi connectivity index (χ4v) is 5.61. The molecular weight excluding hydrogens is 462 g/mol. The summed E-state index contributed by atoms with van der Waals surface area (Å²) in [5.41, 5.74) is 0.998. The van der Waals surface area contributed by atoms with Gasteiger partial charge >= 0.3 is 0 Å². The van der Waals surface area contributed by atoms with E-state index in [9.17, 15) is 18.0 Å². The lowest BCUT2D eigenvalue weighted by atomic mass is 10.1. The number of ether oxygens (including phenoxy) is 3. The zero-order valence-corrected chi connectivity index (χ0v) is 19.8. The molecule has 2 fully saturated rings. The minimum atomic E-state index is -3.84. The molecule has 1 unspecified atom stereocenters. The Kier molecular flexibility index (Phi) is 7.05. The van der Waals surface area contributed by atoms with Crippen LogP contribution in [0.5, 0.6) is 11.5 Å². The molecule has 2 heterocycles. The van der Waals surface area contributed by atoms with Gasteiger partial charge in [0.1, 0.15) is 16.4 Å². The summed E-state index contributed by atoms with van der Waals surface area (Å²) in [6, 6.07) is 11.5. The first kappa shape index (κ1) is 24.0. The molecule has 2 aromatic carbocycles. The molecule has 0 aliphatic carbocycles. The highest BCUT2D eigenvalue weighted by atomic mass is 32.2. The summed E-state index contributed by atoms with van der Waals surface area (Å²) in [6.07, 6.45) is 0.0625. The summed E-state index contributed by atoms with van der Waals surface area (Å²) in [4.78, 5) is 27.0. The van der Waals surface area contributed by atoms with Gasteiger partial charge in [-0.3, -0.25) is 9.59 Å². The molecule has 0 saturated carbocycles.